The van der Waals surface area contributed by atoms with Gasteiger partial charge in [-0.25, -0.2) is 4.79 Å². The number of nitrogens with one attached hydrogen (secondary N) is 1. The van der Waals surface area contributed by atoms with E-state index in [9.17, 15) is 40.6 Å². The van der Waals surface area contributed by atoms with Crippen LogP contribution in [0.15, 0.2) is 86.8 Å². The van der Waals surface area contributed by atoms with E-state index in [1.165, 1.54) is 6.07 Å². The fourth-order valence-corrected chi connectivity index (χ4v) is 5.76. The molecule has 4 aromatic carbocycles. The molecule has 0 saturated carbocycles. The second-order valence-corrected chi connectivity index (χ2v) is 12.3. The summed E-state index contributed by atoms with van der Waals surface area (Å²) in [5, 5.41) is 29.5. The molecule has 228 valence electrons. The third-order valence-corrected chi connectivity index (χ3v) is 8.22. The van der Waals surface area contributed by atoms with Crippen LogP contribution in [0.25, 0.3) is 21.9 Å². The number of carbonyl (C=O) groups is 2. The van der Waals surface area contributed by atoms with Gasteiger partial charge in [-0.2, -0.15) is 21.9 Å². The first-order valence-corrected chi connectivity index (χ1v) is 15.2. The van der Waals surface area contributed by atoms with Crippen LogP contribution >= 0.6 is 0 Å². The van der Waals surface area contributed by atoms with E-state index in [4.69, 9.17) is 10.8 Å². The molecule has 0 aliphatic rings. The Balaban J connectivity index is 1.67. The highest BCUT2D eigenvalue weighted by atomic mass is 32.2. The number of amides is 1. The first-order chi connectivity index (χ1) is 20.5. The molecular weight excluding hydrogens is 616 g/mol. The van der Waals surface area contributed by atoms with E-state index >= 15 is 0 Å². The van der Waals surface area contributed by atoms with E-state index in [0.717, 1.165) is 34.9 Å². The van der Waals surface area contributed by atoms with Gasteiger partial charge in [0.2, 0.25) is 5.91 Å². The van der Waals surface area contributed by atoms with Crippen LogP contribution in [-0.2, 0) is 29.8 Å². The van der Waals surface area contributed by atoms with Gasteiger partial charge in [-0.3, -0.25) is 13.9 Å². The third kappa shape index (κ3) is 6.73. The monoisotopic (exact) mass is 640 g/mol. The molecule has 0 bridgehead atoms. The quantitative estimate of drug-likeness (QED) is 0.0654. The lowest BCUT2D eigenvalue weighted by atomic mass is 10.00. The lowest BCUT2D eigenvalue weighted by Gasteiger charge is -2.13. The van der Waals surface area contributed by atoms with Gasteiger partial charge in [0.15, 0.2) is 5.75 Å². The molecule has 44 heavy (non-hydrogen) atoms. The minimum absolute atomic E-state index is 0.215. The average Bonchev–Trinajstić information content (AvgIpc) is 2.91. The van der Waals surface area contributed by atoms with Gasteiger partial charge in [-0.15, -0.1) is 5.11 Å². The summed E-state index contributed by atoms with van der Waals surface area (Å²) in [4.78, 5) is 20.6. The number of nitrogen functional groups attached to an aromatic ring is 1. The summed E-state index contributed by atoms with van der Waals surface area (Å²) in [6.45, 7) is 3.53. The standard InChI is InChI=1S/C28H24N4O10S2/c1-14-11-16(3-6-19(14)30-24(33)9-10-25(34)35)17-4-7-20(15(2)12-17)31-32-21-8-5-18-22(43(37,38)39)13-23(44(40,41)42)27(29)26(18)28(21)36/h3-13,36H,29H2,1-2H3,(H,30,33)(H,34,35)(H,37,38,39)(H,40,41,42)/b10-9-,32-31+. The molecule has 0 aromatic heterocycles. The summed E-state index contributed by atoms with van der Waals surface area (Å²) in [5.41, 5.74) is 8.87. The number of fused-ring (bicyclic) bond motifs is 1. The summed E-state index contributed by atoms with van der Waals surface area (Å²) < 4.78 is 66.6. The molecule has 7 N–H and O–H groups in total. The number of phenols is 1. The van der Waals surface area contributed by atoms with E-state index in [2.05, 4.69) is 15.5 Å². The summed E-state index contributed by atoms with van der Waals surface area (Å²) in [5.74, 6) is -2.57. The number of nitrogens with zero attached hydrogens (tertiary/aromatic N) is 2. The number of rotatable bonds is 8. The SMILES string of the molecule is Cc1cc(-c2ccc(NC(=O)/C=C\C(=O)O)c(C)c2)ccc1/N=N/c1ccc2c(S(=O)(=O)O)cc(S(=O)(=O)O)c(N)c2c1O. The van der Waals surface area contributed by atoms with Crippen LogP contribution in [0.1, 0.15) is 11.1 Å². The summed E-state index contributed by atoms with van der Waals surface area (Å²) in [6.07, 6.45) is 1.64. The van der Waals surface area contributed by atoms with Crippen LogP contribution in [0.2, 0.25) is 0 Å². The van der Waals surface area contributed by atoms with Crippen molar-refractivity contribution in [2.75, 3.05) is 11.1 Å². The Morgan fingerprint density at radius 3 is 1.93 bits per heavy atom. The van der Waals surface area contributed by atoms with Crippen molar-refractivity contribution in [3.8, 4) is 16.9 Å². The van der Waals surface area contributed by atoms with Crippen molar-refractivity contribution >= 4 is 65.6 Å². The fraction of sp³-hybridized carbons (Fsp3) is 0.0714. The van der Waals surface area contributed by atoms with Gasteiger partial charge in [0.25, 0.3) is 20.2 Å². The third-order valence-electron chi connectivity index (χ3n) is 6.43. The number of phenolic OH excluding ortho intramolecular Hbond substituents is 1. The maximum atomic E-state index is 11.9. The lowest BCUT2D eigenvalue weighted by Crippen LogP contribution is -2.09. The largest absolute Gasteiger partial charge is 0.505 e. The topological polar surface area (TPSA) is 246 Å². The zero-order valence-electron chi connectivity index (χ0n) is 22.9. The number of anilines is 2. The van der Waals surface area contributed by atoms with E-state index in [1.807, 2.05) is 12.1 Å². The number of aliphatic carboxylic acids is 1. The first kappa shape index (κ1) is 31.8. The highest BCUT2D eigenvalue weighted by Crippen LogP contribution is 2.43. The minimum atomic E-state index is -5.05. The average molecular weight is 641 g/mol. The van der Waals surface area contributed by atoms with Crippen molar-refractivity contribution in [3.05, 3.63) is 77.9 Å². The van der Waals surface area contributed by atoms with Crippen molar-refractivity contribution in [1.82, 2.24) is 0 Å². The molecule has 1 amide bonds. The minimum Gasteiger partial charge on any atom is -0.505 e. The summed E-state index contributed by atoms with van der Waals surface area (Å²) in [6, 6.07) is 13.3. The van der Waals surface area contributed by atoms with E-state index < -0.39 is 58.7 Å². The highest BCUT2D eigenvalue weighted by Gasteiger charge is 2.26. The Kier molecular flexibility index (Phi) is 8.55. The van der Waals surface area contributed by atoms with Crippen LogP contribution in [0.3, 0.4) is 0 Å². The number of aryl methyl sites for hydroxylation is 2. The molecule has 4 aromatic rings. The molecule has 0 aliphatic carbocycles. The Morgan fingerprint density at radius 2 is 1.36 bits per heavy atom. The second-order valence-electron chi connectivity index (χ2n) is 9.48. The van der Waals surface area contributed by atoms with Gasteiger partial charge in [0.05, 0.1) is 16.8 Å². The molecule has 16 heteroatoms. The fourth-order valence-electron chi connectivity index (χ4n) is 4.32. The zero-order chi connectivity index (χ0) is 32.6. The van der Waals surface area contributed by atoms with Crippen molar-refractivity contribution in [2.24, 2.45) is 10.2 Å². The number of benzene rings is 4. The molecule has 0 unspecified atom stereocenters. The van der Waals surface area contributed by atoms with Crippen molar-refractivity contribution in [1.29, 1.82) is 0 Å². The normalized spacial score (nSPS) is 12.3. The number of carboxylic acid groups (broad SMARTS) is 1. The number of carboxylic acids is 1. The van der Waals surface area contributed by atoms with Crippen molar-refractivity contribution in [2.45, 2.75) is 23.6 Å². The van der Waals surface area contributed by atoms with E-state index in [0.29, 0.717) is 23.0 Å². The Morgan fingerprint density at radius 1 is 0.795 bits per heavy atom. The van der Waals surface area contributed by atoms with E-state index in [1.54, 1.807) is 38.1 Å². The molecule has 0 saturated heterocycles. The number of nitrogens with two attached hydrogens (primary N) is 1. The van der Waals surface area contributed by atoms with Crippen molar-refractivity contribution < 1.29 is 45.7 Å². The van der Waals surface area contributed by atoms with Gasteiger partial charge in [0.1, 0.15) is 15.5 Å². The van der Waals surface area contributed by atoms with Gasteiger partial charge >= 0.3 is 5.97 Å². The van der Waals surface area contributed by atoms with Gasteiger partial charge < -0.3 is 21.3 Å². The Labute approximate surface area is 250 Å². The molecule has 0 radical (unpaired) electrons. The van der Waals surface area contributed by atoms with Crippen molar-refractivity contribution in [3.63, 3.8) is 0 Å². The van der Waals surface area contributed by atoms with Gasteiger partial charge in [0, 0.05) is 23.2 Å². The molecule has 14 nitrogen and oxygen atoms in total. The number of hydrogen-bond donors (Lipinski definition) is 6. The Bertz CT molecular complexity index is 2140. The number of aromatic hydroxyl groups is 1. The molecule has 0 spiro atoms. The molecule has 4 rings (SSSR count). The maximum absolute atomic E-state index is 11.9. The van der Waals surface area contributed by atoms with Crippen LogP contribution < -0.4 is 11.1 Å². The predicted molar refractivity (Wildman–Crippen MR) is 161 cm³/mol. The predicted octanol–water partition coefficient (Wildman–Crippen LogP) is 4.90. The smallest absolute Gasteiger partial charge is 0.328 e. The molecular formula is C28H24N4O10S2. The molecule has 0 atom stereocenters. The first-order valence-electron chi connectivity index (χ1n) is 12.4. The number of carbonyl (C=O) groups excluding carboxylic acids is 1. The number of azo groups is 1. The van der Waals surface area contributed by atoms with Crippen LogP contribution in [0.4, 0.5) is 22.7 Å². The highest BCUT2D eigenvalue weighted by molar-refractivity contribution is 7.87. The lowest BCUT2D eigenvalue weighted by molar-refractivity contribution is -0.131. The second kappa shape index (κ2) is 11.8. The summed E-state index contributed by atoms with van der Waals surface area (Å²) >= 11 is 0. The zero-order valence-corrected chi connectivity index (χ0v) is 24.5. The summed E-state index contributed by atoms with van der Waals surface area (Å²) in [7, 11) is -10.0. The van der Waals surface area contributed by atoms with E-state index in [-0.39, 0.29) is 11.1 Å². The molecule has 0 fully saturated rings. The van der Waals surface area contributed by atoms with Crippen LogP contribution in [0, 0.1) is 13.8 Å². The van der Waals surface area contributed by atoms with Crippen LogP contribution in [0.5, 0.6) is 5.75 Å². The Hall–Kier alpha value is -5.16. The van der Waals surface area contributed by atoms with Crippen LogP contribution in [-0.4, -0.2) is 48.0 Å². The molecule has 0 aliphatic heterocycles. The molecule has 0 heterocycles. The van der Waals surface area contributed by atoms with Gasteiger partial charge in [-0.1, -0.05) is 18.2 Å². The van der Waals surface area contributed by atoms with Gasteiger partial charge in [-0.05, 0) is 72.5 Å². The maximum Gasteiger partial charge on any atom is 0.328 e. The number of hydrogen-bond acceptors (Lipinski definition) is 10.